The van der Waals surface area contributed by atoms with Gasteiger partial charge in [-0.15, -0.1) is 0 Å². The molecule has 6 nitrogen and oxygen atoms in total. The van der Waals surface area contributed by atoms with E-state index in [1.54, 1.807) is 0 Å². The van der Waals surface area contributed by atoms with Crippen molar-refractivity contribution in [1.82, 2.24) is 5.32 Å². The van der Waals surface area contributed by atoms with Gasteiger partial charge in [-0.3, -0.25) is 9.35 Å². The van der Waals surface area contributed by atoms with Crippen LogP contribution >= 0.6 is 0 Å². The van der Waals surface area contributed by atoms with E-state index in [0.717, 1.165) is 70.6 Å². The van der Waals surface area contributed by atoms with Crippen LogP contribution < -0.4 is 5.32 Å². The van der Waals surface area contributed by atoms with Crippen LogP contribution in [0.5, 0.6) is 0 Å². The summed E-state index contributed by atoms with van der Waals surface area (Å²) in [5, 5.41) is 13.2. The van der Waals surface area contributed by atoms with E-state index in [-0.39, 0.29) is 12.3 Å². The van der Waals surface area contributed by atoms with Crippen molar-refractivity contribution in [3.05, 3.63) is 97.2 Å². The molecule has 302 valence electrons. The van der Waals surface area contributed by atoms with Gasteiger partial charge in [0.15, 0.2) is 0 Å². The fourth-order valence-electron chi connectivity index (χ4n) is 5.67. The summed E-state index contributed by atoms with van der Waals surface area (Å²) in [6, 6.07) is -1.09. The fourth-order valence-corrected chi connectivity index (χ4v) is 6.41. The quantitative estimate of drug-likeness (QED) is 0.0335. The van der Waals surface area contributed by atoms with Gasteiger partial charge in [-0.2, -0.15) is 8.42 Å². The van der Waals surface area contributed by atoms with Gasteiger partial charge in [-0.05, 0) is 70.6 Å². The predicted molar refractivity (Wildman–Crippen MR) is 230 cm³/mol. The van der Waals surface area contributed by atoms with Crippen molar-refractivity contribution in [2.24, 2.45) is 0 Å². The Labute approximate surface area is 326 Å². The molecule has 0 aliphatic heterocycles. The summed E-state index contributed by atoms with van der Waals surface area (Å²) in [5.41, 5.74) is 0. The maximum Gasteiger partial charge on any atom is 0.267 e. The van der Waals surface area contributed by atoms with Crippen molar-refractivity contribution in [3.8, 4) is 0 Å². The summed E-state index contributed by atoms with van der Waals surface area (Å²) in [7, 11) is -4.37. The molecule has 1 amide bonds. The zero-order valence-corrected chi connectivity index (χ0v) is 34.4. The second kappa shape index (κ2) is 39.0. The first kappa shape index (κ1) is 50.3. The highest BCUT2D eigenvalue weighted by molar-refractivity contribution is 7.85. The van der Waals surface area contributed by atoms with E-state index in [1.165, 1.54) is 76.7 Å². The first-order chi connectivity index (χ1) is 25.8. The minimum atomic E-state index is -4.37. The maximum atomic E-state index is 12.5. The molecule has 0 aromatic heterocycles. The summed E-state index contributed by atoms with van der Waals surface area (Å²) in [5.74, 6) is -1.07. The molecule has 0 fully saturated rings. The Morgan fingerprint density at radius 3 is 1.32 bits per heavy atom. The Bertz CT molecular complexity index is 1190. The summed E-state index contributed by atoms with van der Waals surface area (Å²) in [6.07, 6.45) is 58.2. The third kappa shape index (κ3) is 40.3. The average molecular weight is 756 g/mol. The number of hydrogen-bond donors (Lipinski definition) is 3. The number of amides is 1. The second-order valence-corrected chi connectivity index (χ2v) is 15.4. The number of unbranched alkanes of at least 4 members (excludes halogenated alkanes) is 14. The van der Waals surface area contributed by atoms with E-state index in [0.29, 0.717) is 6.42 Å². The van der Waals surface area contributed by atoms with Crippen molar-refractivity contribution < 1.29 is 22.9 Å². The molecule has 0 rings (SSSR count). The van der Waals surface area contributed by atoms with Crippen LogP contribution in [-0.4, -0.2) is 41.9 Å². The molecule has 0 bridgehead atoms. The lowest BCUT2D eigenvalue weighted by molar-refractivity contribution is -0.122. The lowest BCUT2D eigenvalue weighted by Gasteiger charge is -2.21. The van der Waals surface area contributed by atoms with Gasteiger partial charge in [0.2, 0.25) is 5.91 Å². The molecule has 0 aliphatic carbocycles. The van der Waals surface area contributed by atoms with Crippen molar-refractivity contribution in [1.29, 1.82) is 0 Å². The van der Waals surface area contributed by atoms with E-state index in [2.05, 4.69) is 98.2 Å². The van der Waals surface area contributed by atoms with Crippen LogP contribution in [-0.2, 0) is 14.9 Å². The van der Waals surface area contributed by atoms with Gasteiger partial charge in [0.05, 0.1) is 17.9 Å². The molecule has 0 heterocycles. The monoisotopic (exact) mass is 756 g/mol. The third-order valence-corrected chi connectivity index (χ3v) is 9.55. The molecule has 2 unspecified atom stereocenters. The van der Waals surface area contributed by atoms with Crippen LogP contribution in [0.1, 0.15) is 168 Å². The van der Waals surface area contributed by atoms with Crippen molar-refractivity contribution in [2.45, 2.75) is 180 Å². The normalized spacial score (nSPS) is 14.3. The number of aliphatic hydroxyl groups excluding tert-OH is 1. The Hall–Kier alpha value is -2.74. The highest BCUT2D eigenvalue weighted by Crippen LogP contribution is 2.13. The molecule has 0 saturated heterocycles. The molecule has 2 atom stereocenters. The zero-order chi connectivity index (χ0) is 38.9. The smallest absolute Gasteiger partial charge is 0.267 e. The zero-order valence-electron chi connectivity index (χ0n) is 33.6. The lowest BCUT2D eigenvalue weighted by atomic mass is 10.0. The van der Waals surface area contributed by atoms with Gasteiger partial charge in [-0.25, -0.2) is 0 Å². The number of carbonyl (C=O) groups is 1. The van der Waals surface area contributed by atoms with E-state index in [4.69, 9.17) is 0 Å². The van der Waals surface area contributed by atoms with Crippen LogP contribution in [0.3, 0.4) is 0 Å². The molecule has 7 heteroatoms. The average Bonchev–Trinajstić information content (AvgIpc) is 3.12. The molecule has 0 aromatic rings. The minimum absolute atomic E-state index is 0.210. The van der Waals surface area contributed by atoms with Crippen LogP contribution in [0.15, 0.2) is 97.2 Å². The number of aliphatic hydroxyl groups is 1. The van der Waals surface area contributed by atoms with E-state index in [9.17, 15) is 22.9 Å². The molecule has 0 radical (unpaired) electrons. The van der Waals surface area contributed by atoms with E-state index >= 15 is 0 Å². The molecule has 0 aromatic carbocycles. The molecule has 53 heavy (non-hydrogen) atoms. The van der Waals surface area contributed by atoms with Gasteiger partial charge in [0.1, 0.15) is 0 Å². The van der Waals surface area contributed by atoms with Gasteiger partial charge < -0.3 is 10.4 Å². The van der Waals surface area contributed by atoms with Gasteiger partial charge in [-0.1, -0.05) is 188 Å². The first-order valence-electron chi connectivity index (χ1n) is 20.9. The largest absolute Gasteiger partial charge is 0.387 e. The number of carbonyl (C=O) groups excluding carboxylic acids is 1. The predicted octanol–water partition coefficient (Wildman–Crippen LogP) is 12.6. The van der Waals surface area contributed by atoms with Gasteiger partial charge >= 0.3 is 0 Å². The molecular weight excluding hydrogens is 679 g/mol. The molecule has 0 saturated carbocycles. The SMILES string of the molecule is CC/C=C\C/C=C\C/C=C\C/C=C\C/C=C\C/C=C\C/C=C\CCCC(=O)NC(CS(=O)(=O)O)C(O)/C=C/CCCCCCCCCCCCCCC. The van der Waals surface area contributed by atoms with Crippen molar-refractivity contribution in [2.75, 3.05) is 5.75 Å². The van der Waals surface area contributed by atoms with E-state index in [1.807, 2.05) is 12.2 Å². The number of nitrogens with one attached hydrogen (secondary N) is 1. The van der Waals surface area contributed by atoms with Crippen LogP contribution in [0, 0.1) is 0 Å². The Morgan fingerprint density at radius 2 is 0.906 bits per heavy atom. The summed E-state index contributed by atoms with van der Waals surface area (Å²) in [4.78, 5) is 12.5. The van der Waals surface area contributed by atoms with E-state index < -0.39 is 28.0 Å². The highest BCUT2D eigenvalue weighted by atomic mass is 32.2. The number of allylic oxidation sites excluding steroid dienone is 15. The Morgan fingerprint density at radius 1 is 0.528 bits per heavy atom. The maximum absolute atomic E-state index is 12.5. The fraction of sp³-hybridized carbons (Fsp3) is 0.630. The van der Waals surface area contributed by atoms with Crippen molar-refractivity contribution in [3.63, 3.8) is 0 Å². The van der Waals surface area contributed by atoms with Crippen LogP contribution in [0.2, 0.25) is 0 Å². The van der Waals surface area contributed by atoms with Crippen LogP contribution in [0.4, 0.5) is 0 Å². The first-order valence-corrected chi connectivity index (χ1v) is 22.5. The number of rotatable bonds is 36. The van der Waals surface area contributed by atoms with Crippen LogP contribution in [0.25, 0.3) is 0 Å². The number of hydrogen-bond acceptors (Lipinski definition) is 4. The molecule has 3 N–H and O–H groups in total. The second-order valence-electron chi connectivity index (χ2n) is 13.9. The molecular formula is C46H77NO5S. The molecule has 0 spiro atoms. The summed E-state index contributed by atoms with van der Waals surface area (Å²) >= 11 is 0. The Kier molecular flexibility index (Phi) is 37.0. The van der Waals surface area contributed by atoms with Gasteiger partial charge in [0.25, 0.3) is 10.1 Å². The Balaban J connectivity index is 4.08. The van der Waals surface area contributed by atoms with Gasteiger partial charge in [0, 0.05) is 6.42 Å². The molecule has 0 aliphatic rings. The minimum Gasteiger partial charge on any atom is -0.387 e. The summed E-state index contributed by atoms with van der Waals surface area (Å²) in [6.45, 7) is 4.40. The topological polar surface area (TPSA) is 104 Å². The van der Waals surface area contributed by atoms with Crippen molar-refractivity contribution >= 4 is 16.0 Å². The highest BCUT2D eigenvalue weighted by Gasteiger charge is 2.24. The standard InChI is InChI=1S/C46H77NO5S/c1-3-5-7-9-11-13-15-17-19-20-21-22-23-24-25-26-28-30-32-34-36-38-40-42-46(49)47-44(43-53(50,51)52)45(48)41-39-37-35-33-31-29-27-18-16-14-12-10-8-6-4-2/h5,7,11,13,17,19,21-22,24-25,28,30,34,36,39,41,44-45,48H,3-4,6,8-10,12,14-16,18,20,23,26-27,29,31-33,35,37-38,40,42-43H2,1-2H3,(H,47,49)(H,50,51,52)/b7-5-,13-11-,19-17-,22-21-,25-24-,30-28-,36-34-,41-39+. The summed E-state index contributed by atoms with van der Waals surface area (Å²) < 4.78 is 32.5. The lowest BCUT2D eigenvalue weighted by Crippen LogP contribution is -2.46. The third-order valence-electron chi connectivity index (χ3n) is 8.77.